The van der Waals surface area contributed by atoms with Crippen LogP contribution in [0, 0.1) is 0 Å². The first kappa shape index (κ1) is 26.1. The summed E-state index contributed by atoms with van der Waals surface area (Å²) in [4.78, 5) is 2.43. The Balaban J connectivity index is 2.08. The summed E-state index contributed by atoms with van der Waals surface area (Å²) < 4.78 is 12.5. The summed E-state index contributed by atoms with van der Waals surface area (Å²) in [6, 6.07) is 20.7. The van der Waals surface area contributed by atoms with Gasteiger partial charge in [-0.1, -0.05) is 81.5 Å². The Morgan fingerprint density at radius 1 is 1.03 bits per heavy atom. The summed E-state index contributed by atoms with van der Waals surface area (Å²) in [7, 11) is -1.83. The molecule has 0 bridgehead atoms. The molecule has 2 rings (SSSR count). The summed E-state index contributed by atoms with van der Waals surface area (Å²) in [6.07, 6.45) is 4.29. The largest absolute Gasteiger partial charge is 0.489 e. The Morgan fingerprint density at radius 2 is 1.62 bits per heavy atom. The molecule has 32 heavy (non-hydrogen) atoms. The molecule has 0 aliphatic rings. The van der Waals surface area contributed by atoms with Gasteiger partial charge >= 0.3 is 0 Å². The first-order valence-electron chi connectivity index (χ1n) is 11.5. The van der Waals surface area contributed by atoms with Crippen molar-refractivity contribution in [3.8, 4) is 5.75 Å². The van der Waals surface area contributed by atoms with Gasteiger partial charge in [-0.25, -0.2) is 0 Å². The van der Waals surface area contributed by atoms with Gasteiger partial charge in [-0.3, -0.25) is 4.90 Å². The third kappa shape index (κ3) is 8.42. The van der Waals surface area contributed by atoms with Crippen molar-refractivity contribution in [2.45, 2.75) is 58.4 Å². The molecule has 0 fully saturated rings. The summed E-state index contributed by atoms with van der Waals surface area (Å²) in [5, 5.41) is 0.189. The van der Waals surface area contributed by atoms with Crippen molar-refractivity contribution in [3.05, 3.63) is 90.5 Å². The topological polar surface area (TPSA) is 21.7 Å². The third-order valence-corrected chi connectivity index (χ3v) is 10.8. The van der Waals surface area contributed by atoms with E-state index in [2.05, 4.69) is 88.7 Å². The van der Waals surface area contributed by atoms with Crippen LogP contribution < -0.4 is 4.74 Å². The molecule has 0 aliphatic carbocycles. The average Bonchev–Trinajstić information content (AvgIpc) is 2.76. The van der Waals surface area contributed by atoms with E-state index >= 15 is 0 Å². The summed E-state index contributed by atoms with van der Waals surface area (Å²) >= 11 is 0. The standard InChI is InChI=1S/C28H41NO2Si/c1-8-26(23-31-32(6,7)28(3,4)5)29(21-25-15-11-9-12-16-25)20-19-24(2)22-30-27-17-13-10-14-18-27/h8-19,26H,1,20-23H2,2-7H3/b24-19-. The summed E-state index contributed by atoms with van der Waals surface area (Å²) in [5.74, 6) is 0.896. The number of rotatable bonds is 12. The minimum absolute atomic E-state index is 0.142. The second-order valence-electron chi connectivity index (χ2n) is 9.94. The summed E-state index contributed by atoms with van der Waals surface area (Å²) in [6.45, 7) is 20.6. The van der Waals surface area contributed by atoms with Gasteiger partial charge in [-0.15, -0.1) is 6.58 Å². The van der Waals surface area contributed by atoms with E-state index in [4.69, 9.17) is 9.16 Å². The van der Waals surface area contributed by atoms with Crippen LogP contribution in [0.25, 0.3) is 0 Å². The van der Waals surface area contributed by atoms with Gasteiger partial charge < -0.3 is 9.16 Å². The number of hydrogen-bond acceptors (Lipinski definition) is 3. The predicted octanol–water partition coefficient (Wildman–Crippen LogP) is 7.09. The molecule has 0 radical (unpaired) electrons. The van der Waals surface area contributed by atoms with Crippen LogP contribution in [0.5, 0.6) is 5.75 Å². The number of para-hydroxylation sites is 1. The SMILES string of the molecule is C=CC(CO[Si](C)(C)C(C)(C)C)N(C/C=C(/C)COc1ccccc1)Cc1ccccc1. The van der Waals surface area contributed by atoms with Gasteiger partial charge in [0.25, 0.3) is 0 Å². The fourth-order valence-electron chi connectivity index (χ4n) is 3.01. The quantitative estimate of drug-likeness (QED) is 0.254. The zero-order valence-electron chi connectivity index (χ0n) is 20.8. The van der Waals surface area contributed by atoms with Crippen LogP contribution in [0.2, 0.25) is 18.1 Å². The van der Waals surface area contributed by atoms with Crippen molar-refractivity contribution in [1.82, 2.24) is 4.90 Å². The van der Waals surface area contributed by atoms with Crippen LogP contribution in [-0.4, -0.2) is 39.0 Å². The molecule has 174 valence electrons. The van der Waals surface area contributed by atoms with E-state index in [0.29, 0.717) is 13.2 Å². The zero-order chi connectivity index (χ0) is 23.6. The Labute approximate surface area is 196 Å². The number of ether oxygens (including phenoxy) is 1. The maximum atomic E-state index is 6.56. The Kier molecular flexibility index (Phi) is 9.95. The molecule has 0 saturated carbocycles. The fourth-order valence-corrected chi connectivity index (χ4v) is 4.03. The molecular formula is C28H41NO2Si. The predicted molar refractivity (Wildman–Crippen MR) is 140 cm³/mol. The molecule has 0 saturated heterocycles. The maximum Gasteiger partial charge on any atom is 0.192 e. The molecule has 1 unspecified atom stereocenters. The number of benzene rings is 2. The van der Waals surface area contributed by atoms with Crippen molar-refractivity contribution in [1.29, 1.82) is 0 Å². The number of nitrogens with zero attached hydrogens (tertiary/aromatic N) is 1. The van der Waals surface area contributed by atoms with E-state index in [-0.39, 0.29) is 11.1 Å². The Hall–Kier alpha value is -2.14. The summed E-state index contributed by atoms with van der Waals surface area (Å²) in [5.41, 5.74) is 2.50. The first-order chi connectivity index (χ1) is 15.1. The van der Waals surface area contributed by atoms with Crippen LogP contribution in [0.4, 0.5) is 0 Å². The highest BCUT2D eigenvalue weighted by atomic mass is 28.4. The smallest absolute Gasteiger partial charge is 0.192 e. The molecule has 0 aliphatic heterocycles. The van der Waals surface area contributed by atoms with Crippen LogP contribution in [0.3, 0.4) is 0 Å². The molecule has 4 heteroatoms. The lowest BCUT2D eigenvalue weighted by molar-refractivity contribution is 0.161. The molecule has 3 nitrogen and oxygen atoms in total. The van der Waals surface area contributed by atoms with Crippen molar-refractivity contribution >= 4 is 8.32 Å². The van der Waals surface area contributed by atoms with E-state index in [1.807, 2.05) is 36.4 Å². The third-order valence-electron chi connectivity index (χ3n) is 6.27. The lowest BCUT2D eigenvalue weighted by Gasteiger charge is -2.38. The molecule has 0 amide bonds. The Morgan fingerprint density at radius 3 is 2.19 bits per heavy atom. The van der Waals surface area contributed by atoms with Crippen molar-refractivity contribution < 1.29 is 9.16 Å². The van der Waals surface area contributed by atoms with Crippen molar-refractivity contribution in [2.24, 2.45) is 0 Å². The normalized spacial score (nSPS) is 13.8. The van der Waals surface area contributed by atoms with Crippen LogP contribution >= 0.6 is 0 Å². The Bertz CT molecular complexity index is 841. The molecule has 0 spiro atoms. The molecule has 0 aromatic heterocycles. The fraction of sp³-hybridized carbons (Fsp3) is 0.429. The highest BCUT2D eigenvalue weighted by Gasteiger charge is 2.37. The second kappa shape index (κ2) is 12.2. The van der Waals surface area contributed by atoms with Crippen molar-refractivity contribution in [3.63, 3.8) is 0 Å². The van der Waals surface area contributed by atoms with Gasteiger partial charge in [0.05, 0.1) is 12.6 Å². The van der Waals surface area contributed by atoms with Gasteiger partial charge in [0, 0.05) is 13.1 Å². The highest BCUT2D eigenvalue weighted by molar-refractivity contribution is 6.74. The van der Waals surface area contributed by atoms with E-state index in [1.54, 1.807) is 0 Å². The number of hydrogen-bond donors (Lipinski definition) is 0. The molecule has 1 atom stereocenters. The first-order valence-corrected chi connectivity index (χ1v) is 14.4. The van der Waals surface area contributed by atoms with Crippen LogP contribution in [0.1, 0.15) is 33.3 Å². The molecule has 2 aromatic rings. The molecular weight excluding hydrogens is 410 g/mol. The highest BCUT2D eigenvalue weighted by Crippen LogP contribution is 2.36. The van der Waals surface area contributed by atoms with Crippen LogP contribution in [-0.2, 0) is 11.0 Å². The minimum Gasteiger partial charge on any atom is -0.489 e. The average molecular weight is 452 g/mol. The van der Waals surface area contributed by atoms with Crippen molar-refractivity contribution in [2.75, 3.05) is 19.8 Å². The lowest BCUT2D eigenvalue weighted by atomic mass is 10.1. The zero-order valence-corrected chi connectivity index (χ0v) is 21.8. The van der Waals surface area contributed by atoms with Gasteiger partial charge in [-0.05, 0) is 48.3 Å². The molecule has 2 aromatic carbocycles. The van der Waals surface area contributed by atoms with E-state index in [1.165, 1.54) is 11.1 Å². The lowest BCUT2D eigenvalue weighted by Crippen LogP contribution is -2.45. The van der Waals surface area contributed by atoms with E-state index in [0.717, 1.165) is 18.8 Å². The monoisotopic (exact) mass is 451 g/mol. The van der Waals surface area contributed by atoms with Crippen LogP contribution in [0.15, 0.2) is 85.0 Å². The van der Waals surface area contributed by atoms with E-state index in [9.17, 15) is 0 Å². The second-order valence-corrected chi connectivity index (χ2v) is 14.8. The van der Waals surface area contributed by atoms with Gasteiger partial charge in [0.15, 0.2) is 8.32 Å². The maximum absolute atomic E-state index is 6.56. The van der Waals surface area contributed by atoms with Gasteiger partial charge in [0.1, 0.15) is 12.4 Å². The minimum atomic E-state index is -1.83. The molecule has 0 heterocycles. The van der Waals surface area contributed by atoms with Gasteiger partial charge in [-0.2, -0.15) is 0 Å². The van der Waals surface area contributed by atoms with Gasteiger partial charge in [0.2, 0.25) is 0 Å². The van der Waals surface area contributed by atoms with E-state index < -0.39 is 8.32 Å². The molecule has 0 N–H and O–H groups in total.